The van der Waals surface area contributed by atoms with Crippen LogP contribution in [0.1, 0.15) is 22.7 Å². The van der Waals surface area contributed by atoms with Crippen molar-refractivity contribution in [2.24, 2.45) is 5.73 Å². The summed E-state index contributed by atoms with van der Waals surface area (Å²) in [6.07, 6.45) is 0. The van der Waals surface area contributed by atoms with Crippen molar-refractivity contribution < 1.29 is 8.42 Å². The third-order valence-corrected chi connectivity index (χ3v) is 6.28. The Balaban J connectivity index is 2.24. The molecule has 0 bridgehead atoms. The molecule has 1 unspecified atom stereocenters. The van der Waals surface area contributed by atoms with E-state index in [-0.39, 0.29) is 5.75 Å². The number of sulfone groups is 1. The number of benzene rings is 1. The highest BCUT2D eigenvalue weighted by Gasteiger charge is 2.21. The zero-order valence-corrected chi connectivity index (χ0v) is 12.6. The minimum Gasteiger partial charge on any atom is -0.323 e. The van der Waals surface area contributed by atoms with Crippen LogP contribution in [0, 0.1) is 13.8 Å². The van der Waals surface area contributed by atoms with E-state index in [1.165, 1.54) is 11.3 Å². The fourth-order valence-corrected chi connectivity index (χ4v) is 4.60. The van der Waals surface area contributed by atoms with Gasteiger partial charge in [0.15, 0.2) is 9.84 Å². The SMILES string of the molecule is Cc1ccc(C(N)CS(=O)(=O)c2cccs2)c(C)c1. The number of nitrogens with two attached hydrogens (primary N) is 1. The number of rotatable bonds is 4. The predicted molar refractivity (Wildman–Crippen MR) is 79.2 cm³/mol. The molecule has 19 heavy (non-hydrogen) atoms. The van der Waals surface area contributed by atoms with Crippen LogP contribution >= 0.6 is 11.3 Å². The van der Waals surface area contributed by atoms with E-state index in [4.69, 9.17) is 5.73 Å². The Bertz CT molecular complexity index is 661. The molecule has 3 nitrogen and oxygen atoms in total. The molecule has 1 aromatic heterocycles. The van der Waals surface area contributed by atoms with Gasteiger partial charge in [0.2, 0.25) is 0 Å². The Kier molecular flexibility index (Phi) is 4.08. The topological polar surface area (TPSA) is 60.2 Å². The quantitative estimate of drug-likeness (QED) is 0.943. The van der Waals surface area contributed by atoms with Crippen molar-refractivity contribution in [3.63, 3.8) is 0 Å². The number of aryl methyl sites for hydroxylation is 2. The van der Waals surface area contributed by atoms with E-state index in [1.54, 1.807) is 17.5 Å². The summed E-state index contributed by atoms with van der Waals surface area (Å²) in [5.74, 6) is -0.0581. The molecule has 0 aliphatic heterocycles. The molecule has 0 saturated heterocycles. The van der Waals surface area contributed by atoms with E-state index < -0.39 is 15.9 Å². The first-order chi connectivity index (χ1) is 8.90. The summed E-state index contributed by atoms with van der Waals surface area (Å²) in [5.41, 5.74) is 9.14. The lowest BCUT2D eigenvalue weighted by Gasteiger charge is -2.15. The molecule has 1 heterocycles. The Labute approximate surface area is 118 Å². The van der Waals surface area contributed by atoms with Crippen molar-refractivity contribution in [2.75, 3.05) is 5.75 Å². The van der Waals surface area contributed by atoms with Crippen LogP contribution in [-0.2, 0) is 9.84 Å². The second kappa shape index (κ2) is 5.45. The van der Waals surface area contributed by atoms with Gasteiger partial charge in [-0.2, -0.15) is 0 Å². The molecule has 102 valence electrons. The van der Waals surface area contributed by atoms with E-state index in [9.17, 15) is 8.42 Å². The fourth-order valence-electron chi connectivity index (χ4n) is 2.09. The molecule has 0 saturated carbocycles. The van der Waals surface area contributed by atoms with Gasteiger partial charge in [-0.05, 0) is 36.4 Å². The fraction of sp³-hybridized carbons (Fsp3) is 0.286. The largest absolute Gasteiger partial charge is 0.323 e. The normalized spacial score (nSPS) is 13.4. The minimum atomic E-state index is -3.30. The average molecular weight is 295 g/mol. The van der Waals surface area contributed by atoms with Crippen LogP contribution in [0.4, 0.5) is 0 Å². The van der Waals surface area contributed by atoms with Crippen molar-refractivity contribution in [3.05, 3.63) is 52.4 Å². The lowest BCUT2D eigenvalue weighted by molar-refractivity contribution is 0.590. The summed E-state index contributed by atoms with van der Waals surface area (Å²) in [7, 11) is -3.30. The van der Waals surface area contributed by atoms with Crippen LogP contribution in [0.25, 0.3) is 0 Å². The molecule has 1 aromatic carbocycles. The molecule has 1 atom stereocenters. The smallest absolute Gasteiger partial charge is 0.189 e. The Morgan fingerprint density at radius 1 is 1.26 bits per heavy atom. The van der Waals surface area contributed by atoms with Crippen molar-refractivity contribution in [3.8, 4) is 0 Å². The standard InChI is InChI=1S/C14H17NO2S2/c1-10-5-6-12(11(2)8-10)13(15)9-19(16,17)14-4-3-7-18-14/h3-8,13H,9,15H2,1-2H3. The highest BCUT2D eigenvalue weighted by Crippen LogP contribution is 2.24. The van der Waals surface area contributed by atoms with Gasteiger partial charge in [0.1, 0.15) is 4.21 Å². The molecule has 0 radical (unpaired) electrons. The van der Waals surface area contributed by atoms with Gasteiger partial charge in [0.05, 0.1) is 5.75 Å². The molecule has 0 aliphatic rings. The van der Waals surface area contributed by atoms with Gasteiger partial charge in [-0.25, -0.2) is 8.42 Å². The molecular formula is C14H17NO2S2. The molecule has 2 aromatic rings. The van der Waals surface area contributed by atoms with E-state index in [0.717, 1.165) is 16.7 Å². The Morgan fingerprint density at radius 2 is 2.00 bits per heavy atom. The predicted octanol–water partition coefficient (Wildman–Crippen LogP) is 2.84. The summed E-state index contributed by atoms with van der Waals surface area (Å²) in [4.78, 5) is 0. The first-order valence-corrected chi connectivity index (χ1v) is 8.52. The monoisotopic (exact) mass is 295 g/mol. The zero-order chi connectivity index (χ0) is 14.0. The van der Waals surface area contributed by atoms with Crippen LogP contribution in [0.3, 0.4) is 0 Å². The maximum absolute atomic E-state index is 12.2. The van der Waals surface area contributed by atoms with Gasteiger partial charge < -0.3 is 5.73 Å². The molecule has 5 heteroatoms. The Morgan fingerprint density at radius 3 is 2.58 bits per heavy atom. The number of thiophene rings is 1. The third kappa shape index (κ3) is 3.23. The van der Waals surface area contributed by atoms with Crippen molar-refractivity contribution in [1.82, 2.24) is 0 Å². The highest BCUT2D eigenvalue weighted by molar-refractivity contribution is 7.93. The molecular weight excluding hydrogens is 278 g/mol. The highest BCUT2D eigenvalue weighted by atomic mass is 32.2. The lowest BCUT2D eigenvalue weighted by Crippen LogP contribution is -2.22. The summed E-state index contributed by atoms with van der Waals surface area (Å²) in [5, 5.41) is 1.76. The van der Waals surface area contributed by atoms with Crippen LogP contribution < -0.4 is 5.73 Å². The summed E-state index contributed by atoms with van der Waals surface area (Å²) >= 11 is 1.23. The van der Waals surface area contributed by atoms with Crippen LogP contribution in [0.2, 0.25) is 0 Å². The first-order valence-electron chi connectivity index (χ1n) is 5.99. The van der Waals surface area contributed by atoms with Crippen LogP contribution in [0.5, 0.6) is 0 Å². The summed E-state index contributed by atoms with van der Waals surface area (Å²) in [6.45, 7) is 3.96. The lowest BCUT2D eigenvalue weighted by atomic mass is 10.0. The minimum absolute atomic E-state index is 0.0581. The van der Waals surface area contributed by atoms with Gasteiger partial charge in [-0.15, -0.1) is 11.3 Å². The first kappa shape index (κ1) is 14.2. The number of hydrogen-bond donors (Lipinski definition) is 1. The van der Waals surface area contributed by atoms with E-state index >= 15 is 0 Å². The van der Waals surface area contributed by atoms with E-state index in [0.29, 0.717) is 4.21 Å². The van der Waals surface area contributed by atoms with Gasteiger partial charge in [-0.1, -0.05) is 29.8 Å². The van der Waals surface area contributed by atoms with E-state index in [1.807, 2.05) is 32.0 Å². The van der Waals surface area contributed by atoms with Gasteiger partial charge in [-0.3, -0.25) is 0 Å². The van der Waals surface area contributed by atoms with E-state index in [2.05, 4.69) is 0 Å². The van der Waals surface area contributed by atoms with Crippen molar-refractivity contribution >= 4 is 21.2 Å². The van der Waals surface area contributed by atoms with Crippen LogP contribution in [0.15, 0.2) is 39.9 Å². The van der Waals surface area contributed by atoms with Crippen LogP contribution in [-0.4, -0.2) is 14.2 Å². The van der Waals surface area contributed by atoms with Crippen molar-refractivity contribution in [1.29, 1.82) is 0 Å². The maximum atomic E-state index is 12.2. The zero-order valence-electron chi connectivity index (χ0n) is 11.0. The summed E-state index contributed by atoms with van der Waals surface area (Å²) < 4.78 is 24.8. The third-order valence-electron chi connectivity index (χ3n) is 3.03. The maximum Gasteiger partial charge on any atom is 0.189 e. The second-order valence-electron chi connectivity index (χ2n) is 4.68. The molecule has 2 N–H and O–H groups in total. The molecule has 0 fully saturated rings. The number of hydrogen-bond acceptors (Lipinski definition) is 4. The molecule has 0 amide bonds. The van der Waals surface area contributed by atoms with Gasteiger partial charge in [0.25, 0.3) is 0 Å². The summed E-state index contributed by atoms with van der Waals surface area (Å²) in [6, 6.07) is 8.76. The second-order valence-corrected chi connectivity index (χ2v) is 7.89. The molecule has 0 spiro atoms. The average Bonchev–Trinajstić information content (AvgIpc) is 2.81. The van der Waals surface area contributed by atoms with Crippen molar-refractivity contribution in [2.45, 2.75) is 24.1 Å². The molecule has 2 rings (SSSR count). The van der Waals surface area contributed by atoms with Gasteiger partial charge >= 0.3 is 0 Å². The molecule has 0 aliphatic carbocycles. The van der Waals surface area contributed by atoms with Gasteiger partial charge in [0, 0.05) is 6.04 Å². The Hall–Kier alpha value is -1.17.